The first-order valence-electron chi connectivity index (χ1n) is 4.68. The second-order valence-electron chi connectivity index (χ2n) is 3.30. The Morgan fingerprint density at radius 3 is 2.93 bits per heavy atom. The average Bonchev–Trinajstić information content (AvgIpc) is 2.55. The van der Waals surface area contributed by atoms with Crippen LogP contribution >= 0.6 is 0 Å². The minimum atomic E-state index is 0.705. The molecule has 1 aromatic heterocycles. The normalized spacial score (nSPS) is 10.7. The van der Waals surface area contributed by atoms with E-state index in [2.05, 4.69) is 12.0 Å². The number of nitrogens with zero attached hydrogens (tertiary/aromatic N) is 2. The molecule has 0 unspecified atom stereocenters. The van der Waals surface area contributed by atoms with Crippen LogP contribution in [0.25, 0.3) is 10.9 Å². The van der Waals surface area contributed by atoms with Gasteiger partial charge in [-0.15, -0.1) is 0 Å². The van der Waals surface area contributed by atoms with Crippen LogP contribution in [-0.4, -0.2) is 16.1 Å². The van der Waals surface area contributed by atoms with Gasteiger partial charge in [0.05, 0.1) is 11.2 Å². The highest BCUT2D eigenvalue weighted by atomic mass is 16.1. The molecule has 1 heterocycles. The van der Waals surface area contributed by atoms with Gasteiger partial charge in [-0.2, -0.15) is 5.10 Å². The Kier molecular flexibility index (Phi) is 2.08. The molecule has 0 aliphatic carbocycles. The summed E-state index contributed by atoms with van der Waals surface area (Å²) in [5.41, 5.74) is 2.78. The fourth-order valence-electron chi connectivity index (χ4n) is 1.67. The summed E-state index contributed by atoms with van der Waals surface area (Å²) in [6, 6.07) is 5.65. The molecular formula is C11H12N2O. The second-order valence-corrected chi connectivity index (χ2v) is 3.30. The lowest BCUT2D eigenvalue weighted by atomic mass is 10.1. The summed E-state index contributed by atoms with van der Waals surface area (Å²) in [6.07, 6.45) is 0.863. The predicted octanol–water partition coefficient (Wildman–Crippen LogP) is 2.18. The molecule has 0 radical (unpaired) electrons. The molecule has 14 heavy (non-hydrogen) atoms. The first-order chi connectivity index (χ1) is 6.76. The zero-order chi connectivity index (χ0) is 10.1. The summed E-state index contributed by atoms with van der Waals surface area (Å²) in [5, 5.41) is 5.45. The van der Waals surface area contributed by atoms with Crippen LogP contribution in [0.4, 0.5) is 0 Å². The van der Waals surface area contributed by atoms with E-state index in [0.29, 0.717) is 5.56 Å². The molecule has 1 aromatic carbocycles. The van der Waals surface area contributed by atoms with E-state index in [4.69, 9.17) is 0 Å². The predicted molar refractivity (Wildman–Crippen MR) is 55.5 cm³/mol. The summed E-state index contributed by atoms with van der Waals surface area (Å²) in [5.74, 6) is 0. The molecule has 0 saturated carbocycles. The van der Waals surface area contributed by atoms with Crippen molar-refractivity contribution in [3.8, 4) is 0 Å². The van der Waals surface area contributed by atoms with Crippen molar-refractivity contribution >= 4 is 17.2 Å². The summed E-state index contributed by atoms with van der Waals surface area (Å²) in [7, 11) is 0. The van der Waals surface area contributed by atoms with Crippen molar-refractivity contribution < 1.29 is 4.79 Å². The number of benzene rings is 1. The summed E-state index contributed by atoms with van der Waals surface area (Å²) >= 11 is 0. The highest BCUT2D eigenvalue weighted by Crippen LogP contribution is 2.18. The molecule has 0 aliphatic rings. The topological polar surface area (TPSA) is 34.9 Å². The number of aryl methyl sites for hydroxylation is 2. The number of aromatic nitrogens is 2. The zero-order valence-corrected chi connectivity index (χ0v) is 8.32. The minimum Gasteiger partial charge on any atom is -0.298 e. The third-order valence-electron chi connectivity index (χ3n) is 2.39. The molecule has 0 amide bonds. The number of hydrogen-bond donors (Lipinski definition) is 0. The first kappa shape index (κ1) is 8.94. The molecule has 0 spiro atoms. The number of fused-ring (bicyclic) bond motifs is 1. The highest BCUT2D eigenvalue weighted by molar-refractivity contribution is 5.88. The largest absolute Gasteiger partial charge is 0.298 e. The van der Waals surface area contributed by atoms with E-state index in [9.17, 15) is 4.79 Å². The van der Waals surface area contributed by atoms with Gasteiger partial charge in [0.2, 0.25) is 0 Å². The molecule has 3 heteroatoms. The first-order valence-corrected chi connectivity index (χ1v) is 4.68. The van der Waals surface area contributed by atoms with Crippen molar-refractivity contribution in [3.05, 3.63) is 29.5 Å². The van der Waals surface area contributed by atoms with E-state index in [1.54, 1.807) is 0 Å². The Labute approximate surface area is 82.3 Å². The smallest absolute Gasteiger partial charge is 0.150 e. The maximum Gasteiger partial charge on any atom is 0.150 e. The number of hydrogen-bond acceptors (Lipinski definition) is 2. The van der Waals surface area contributed by atoms with Gasteiger partial charge in [0.1, 0.15) is 6.29 Å². The van der Waals surface area contributed by atoms with E-state index < -0.39 is 0 Å². The van der Waals surface area contributed by atoms with Gasteiger partial charge < -0.3 is 0 Å². The molecule has 0 atom stereocenters. The van der Waals surface area contributed by atoms with Gasteiger partial charge in [-0.25, -0.2) is 0 Å². The van der Waals surface area contributed by atoms with Crippen LogP contribution in [0.1, 0.15) is 23.0 Å². The number of aldehydes is 1. The van der Waals surface area contributed by atoms with Crippen molar-refractivity contribution in [2.24, 2.45) is 0 Å². The van der Waals surface area contributed by atoms with E-state index in [-0.39, 0.29) is 0 Å². The Hall–Kier alpha value is -1.64. The van der Waals surface area contributed by atoms with Crippen LogP contribution in [-0.2, 0) is 6.54 Å². The molecule has 0 bridgehead atoms. The standard InChI is InChI=1S/C11H12N2O/c1-3-13-11-5-4-9(7-14)6-10(11)8(2)12-13/h4-7H,3H2,1-2H3. The van der Waals surface area contributed by atoms with Gasteiger partial charge in [-0.05, 0) is 32.0 Å². The molecule has 0 saturated heterocycles. The van der Waals surface area contributed by atoms with Crippen LogP contribution in [0.2, 0.25) is 0 Å². The van der Waals surface area contributed by atoms with E-state index in [1.807, 2.05) is 29.8 Å². The van der Waals surface area contributed by atoms with Crippen molar-refractivity contribution in [2.75, 3.05) is 0 Å². The maximum atomic E-state index is 10.6. The average molecular weight is 188 g/mol. The lowest BCUT2D eigenvalue weighted by Gasteiger charge is -1.97. The van der Waals surface area contributed by atoms with Crippen molar-refractivity contribution in [1.29, 1.82) is 0 Å². The molecule has 2 rings (SSSR count). The number of carbonyl (C=O) groups is 1. The van der Waals surface area contributed by atoms with Gasteiger partial charge in [-0.1, -0.05) is 0 Å². The lowest BCUT2D eigenvalue weighted by molar-refractivity contribution is 0.112. The van der Waals surface area contributed by atoms with Gasteiger partial charge in [0, 0.05) is 17.5 Å². The Balaban J connectivity index is 2.76. The van der Waals surface area contributed by atoms with Crippen molar-refractivity contribution in [2.45, 2.75) is 20.4 Å². The van der Waals surface area contributed by atoms with Crippen LogP contribution in [0, 0.1) is 6.92 Å². The molecule has 0 N–H and O–H groups in total. The Bertz CT molecular complexity index is 485. The van der Waals surface area contributed by atoms with Gasteiger partial charge in [0.25, 0.3) is 0 Å². The minimum absolute atomic E-state index is 0.705. The molecule has 72 valence electrons. The highest BCUT2D eigenvalue weighted by Gasteiger charge is 2.05. The summed E-state index contributed by atoms with van der Waals surface area (Å²) < 4.78 is 1.94. The number of rotatable bonds is 2. The Morgan fingerprint density at radius 1 is 1.50 bits per heavy atom. The fraction of sp³-hybridized carbons (Fsp3) is 0.273. The van der Waals surface area contributed by atoms with Crippen molar-refractivity contribution in [1.82, 2.24) is 9.78 Å². The molecular weight excluding hydrogens is 176 g/mol. The van der Waals surface area contributed by atoms with Crippen molar-refractivity contribution in [3.63, 3.8) is 0 Å². The van der Waals surface area contributed by atoms with Gasteiger partial charge in [0.15, 0.2) is 0 Å². The maximum absolute atomic E-state index is 10.6. The van der Waals surface area contributed by atoms with E-state index in [0.717, 1.165) is 29.4 Å². The van der Waals surface area contributed by atoms with Gasteiger partial charge >= 0.3 is 0 Å². The zero-order valence-electron chi connectivity index (χ0n) is 8.32. The third kappa shape index (κ3) is 1.21. The second kappa shape index (κ2) is 3.25. The van der Waals surface area contributed by atoms with E-state index in [1.165, 1.54) is 0 Å². The van der Waals surface area contributed by atoms with Crippen LogP contribution in [0.5, 0.6) is 0 Å². The van der Waals surface area contributed by atoms with Gasteiger partial charge in [-0.3, -0.25) is 9.48 Å². The molecule has 0 fully saturated rings. The Morgan fingerprint density at radius 2 is 2.29 bits per heavy atom. The molecule has 3 nitrogen and oxygen atoms in total. The molecule has 0 aliphatic heterocycles. The van der Waals surface area contributed by atoms with E-state index >= 15 is 0 Å². The number of carbonyl (C=O) groups excluding carboxylic acids is 1. The van der Waals surface area contributed by atoms with Crippen LogP contribution in [0.3, 0.4) is 0 Å². The third-order valence-corrected chi connectivity index (χ3v) is 2.39. The van der Waals surface area contributed by atoms with Crippen LogP contribution < -0.4 is 0 Å². The quantitative estimate of drug-likeness (QED) is 0.677. The fourth-order valence-corrected chi connectivity index (χ4v) is 1.67. The summed E-state index contributed by atoms with van der Waals surface area (Å²) in [6.45, 7) is 4.87. The summed E-state index contributed by atoms with van der Waals surface area (Å²) in [4.78, 5) is 10.6. The lowest BCUT2D eigenvalue weighted by Crippen LogP contribution is -1.95. The van der Waals surface area contributed by atoms with Crippen LogP contribution in [0.15, 0.2) is 18.2 Å². The SMILES string of the molecule is CCn1nc(C)c2cc(C=O)ccc21. The molecule has 2 aromatic rings. The monoisotopic (exact) mass is 188 g/mol.